The number of ketones is 1. The Hall–Kier alpha value is -1.30. The van der Waals surface area contributed by atoms with Gasteiger partial charge in [-0.25, -0.2) is 0 Å². The highest BCUT2D eigenvalue weighted by Gasteiger charge is 2.45. The molecule has 1 aliphatic carbocycles. The molecule has 0 aromatic heterocycles. The Kier molecular flexibility index (Phi) is 3.99. The number of rotatable bonds is 6. The van der Waals surface area contributed by atoms with Gasteiger partial charge in [-0.2, -0.15) is 0 Å². The lowest BCUT2D eigenvalue weighted by atomic mass is 10.0. The Labute approximate surface area is 116 Å². The Morgan fingerprint density at radius 1 is 1.42 bits per heavy atom. The van der Waals surface area contributed by atoms with Crippen molar-refractivity contribution in [1.82, 2.24) is 4.90 Å². The van der Waals surface area contributed by atoms with E-state index in [9.17, 15) is 14.4 Å². The predicted molar refractivity (Wildman–Crippen MR) is 71.7 cm³/mol. The Balaban J connectivity index is 2.41. The first kappa shape index (κ1) is 14.1. The first-order chi connectivity index (χ1) is 9.01. The fraction of sp³-hybridized carbons (Fsp3) is 0.615. The number of amides is 1. The molecule has 5 nitrogen and oxygen atoms in total. The Morgan fingerprint density at radius 3 is 2.47 bits per heavy atom. The molecule has 0 saturated heterocycles. The molecule has 19 heavy (non-hydrogen) atoms. The second-order valence-electron chi connectivity index (χ2n) is 4.78. The van der Waals surface area contributed by atoms with Gasteiger partial charge in [0.05, 0.1) is 6.42 Å². The molecule has 0 spiro atoms. The van der Waals surface area contributed by atoms with E-state index in [1.807, 2.05) is 13.2 Å². The highest BCUT2D eigenvalue weighted by molar-refractivity contribution is 7.99. The van der Waals surface area contributed by atoms with Crippen molar-refractivity contribution < 1.29 is 19.5 Å². The van der Waals surface area contributed by atoms with E-state index in [1.165, 1.54) is 11.8 Å². The third-order valence-electron chi connectivity index (χ3n) is 3.48. The number of carboxylic acids is 1. The smallest absolute Gasteiger partial charge is 0.308 e. The maximum absolute atomic E-state index is 12.3. The maximum atomic E-state index is 12.3. The first-order valence-electron chi connectivity index (χ1n) is 6.34. The molecule has 1 heterocycles. The number of aliphatic carboxylic acids is 1. The lowest BCUT2D eigenvalue weighted by molar-refractivity contribution is -0.137. The fourth-order valence-corrected chi connectivity index (χ4v) is 3.41. The number of hydrogen-bond donors (Lipinski definition) is 1. The summed E-state index contributed by atoms with van der Waals surface area (Å²) >= 11 is 1.41. The molecule has 1 amide bonds. The number of Topliss-reactive ketones (excluding diaryl/α,β-unsaturated/α-hetero) is 1. The number of carbonyl (C=O) groups excluding carboxylic acids is 2. The molecule has 0 bridgehead atoms. The number of nitrogens with zero attached hydrogens (tertiary/aromatic N) is 1. The normalized spacial score (nSPS) is 23.2. The van der Waals surface area contributed by atoms with Gasteiger partial charge in [0.15, 0.2) is 5.78 Å². The first-order valence-corrected chi connectivity index (χ1v) is 7.62. The van der Waals surface area contributed by atoms with Crippen LogP contribution in [-0.2, 0) is 14.4 Å². The van der Waals surface area contributed by atoms with E-state index in [2.05, 4.69) is 0 Å². The minimum atomic E-state index is -1.07. The molecule has 2 aliphatic rings. The van der Waals surface area contributed by atoms with E-state index in [1.54, 1.807) is 4.90 Å². The molecule has 0 radical (unpaired) electrons. The number of carbonyl (C=O) groups is 3. The summed E-state index contributed by atoms with van der Waals surface area (Å²) in [6.45, 7) is 2.32. The van der Waals surface area contributed by atoms with Gasteiger partial charge in [-0.3, -0.25) is 14.4 Å². The van der Waals surface area contributed by atoms with Crippen LogP contribution in [0.3, 0.4) is 0 Å². The van der Waals surface area contributed by atoms with Crippen molar-refractivity contribution in [3.8, 4) is 0 Å². The highest BCUT2D eigenvalue weighted by Crippen LogP contribution is 2.40. The van der Waals surface area contributed by atoms with Crippen molar-refractivity contribution in [1.29, 1.82) is 0 Å². The van der Waals surface area contributed by atoms with E-state index in [0.29, 0.717) is 12.1 Å². The molecule has 1 fully saturated rings. The zero-order chi connectivity index (χ0) is 14.2. The van der Waals surface area contributed by atoms with Gasteiger partial charge in [-0.15, -0.1) is 11.8 Å². The monoisotopic (exact) mass is 283 g/mol. The van der Waals surface area contributed by atoms with Crippen LogP contribution in [0, 0.1) is 5.92 Å². The lowest BCUT2D eigenvalue weighted by Gasteiger charge is -2.23. The van der Waals surface area contributed by atoms with Crippen molar-refractivity contribution in [2.24, 2.45) is 5.92 Å². The molecule has 0 aromatic carbocycles. The van der Waals surface area contributed by atoms with Gasteiger partial charge in [0, 0.05) is 23.6 Å². The largest absolute Gasteiger partial charge is 0.481 e. The second-order valence-corrected chi connectivity index (χ2v) is 5.70. The van der Waals surface area contributed by atoms with Gasteiger partial charge in [-0.05, 0) is 26.0 Å². The van der Waals surface area contributed by atoms with Gasteiger partial charge in [0.25, 0.3) is 5.91 Å². The summed E-state index contributed by atoms with van der Waals surface area (Å²) in [5, 5.41) is 8.62. The van der Waals surface area contributed by atoms with Crippen LogP contribution in [0.25, 0.3) is 0 Å². The molecule has 1 N–H and O–H groups in total. The summed E-state index contributed by atoms with van der Waals surface area (Å²) in [6, 6.07) is 0. The van der Waals surface area contributed by atoms with Gasteiger partial charge < -0.3 is 10.0 Å². The standard InChI is InChI=1S/C13H17NO4S/c1-3-14-12(18)8(6-9(15)16)10(13(14)19-2)11(17)7-4-5-7/h7,13H,3-6H2,1-2H3,(H,15,16)/t13-/m0/s1. The van der Waals surface area contributed by atoms with Crippen LogP contribution in [0.2, 0.25) is 0 Å². The van der Waals surface area contributed by atoms with Gasteiger partial charge in [0.1, 0.15) is 5.37 Å². The second kappa shape index (κ2) is 5.36. The van der Waals surface area contributed by atoms with Gasteiger partial charge >= 0.3 is 5.97 Å². The summed E-state index contributed by atoms with van der Waals surface area (Å²) in [5.41, 5.74) is 0.620. The van der Waals surface area contributed by atoms with Crippen LogP contribution in [-0.4, -0.2) is 45.8 Å². The van der Waals surface area contributed by atoms with E-state index in [4.69, 9.17) is 5.11 Å². The van der Waals surface area contributed by atoms with Crippen molar-refractivity contribution in [3.05, 3.63) is 11.1 Å². The van der Waals surface area contributed by atoms with Crippen molar-refractivity contribution in [2.45, 2.75) is 31.6 Å². The SMILES string of the molecule is CCN1C(=O)C(CC(=O)O)=C(C(=O)C2CC2)[C@@H]1SC. The Bertz CT molecular complexity index is 467. The topological polar surface area (TPSA) is 74.7 Å². The molecule has 1 aliphatic heterocycles. The number of thioether (sulfide) groups is 1. The van der Waals surface area contributed by atoms with Gasteiger partial charge in [0.2, 0.25) is 0 Å². The summed E-state index contributed by atoms with van der Waals surface area (Å²) in [4.78, 5) is 37.1. The van der Waals surface area contributed by atoms with Crippen LogP contribution in [0.1, 0.15) is 26.2 Å². The molecular formula is C13H17NO4S. The lowest BCUT2D eigenvalue weighted by Crippen LogP contribution is -2.34. The summed E-state index contributed by atoms with van der Waals surface area (Å²) in [7, 11) is 0. The summed E-state index contributed by atoms with van der Waals surface area (Å²) in [5.74, 6) is -1.39. The van der Waals surface area contributed by atoms with E-state index >= 15 is 0 Å². The fourth-order valence-electron chi connectivity index (χ4n) is 2.41. The molecule has 0 unspecified atom stereocenters. The summed E-state index contributed by atoms with van der Waals surface area (Å²) in [6.07, 6.45) is 3.18. The Morgan fingerprint density at radius 2 is 2.05 bits per heavy atom. The van der Waals surface area contributed by atoms with E-state index in [0.717, 1.165) is 12.8 Å². The number of carboxylic acid groups (broad SMARTS) is 1. The minimum absolute atomic E-state index is 0.00180. The molecule has 0 aromatic rings. The van der Waals surface area contributed by atoms with E-state index < -0.39 is 5.97 Å². The summed E-state index contributed by atoms with van der Waals surface area (Å²) < 4.78 is 0. The highest BCUT2D eigenvalue weighted by atomic mass is 32.2. The van der Waals surface area contributed by atoms with Crippen LogP contribution >= 0.6 is 11.8 Å². The maximum Gasteiger partial charge on any atom is 0.308 e. The van der Waals surface area contributed by atoms with Crippen LogP contribution in [0.4, 0.5) is 0 Å². The van der Waals surface area contributed by atoms with Crippen LogP contribution < -0.4 is 0 Å². The quantitative estimate of drug-likeness (QED) is 0.795. The van der Waals surface area contributed by atoms with Crippen molar-refractivity contribution >= 4 is 29.4 Å². The minimum Gasteiger partial charge on any atom is -0.481 e. The van der Waals surface area contributed by atoms with Crippen LogP contribution in [0.5, 0.6) is 0 Å². The zero-order valence-electron chi connectivity index (χ0n) is 11.0. The third kappa shape index (κ3) is 2.54. The predicted octanol–water partition coefficient (Wildman–Crippen LogP) is 1.29. The third-order valence-corrected chi connectivity index (χ3v) is 4.42. The molecular weight excluding hydrogens is 266 g/mol. The average molecular weight is 283 g/mol. The van der Waals surface area contributed by atoms with Crippen molar-refractivity contribution in [2.75, 3.05) is 12.8 Å². The number of hydrogen-bond acceptors (Lipinski definition) is 4. The number of likely N-dealkylation sites (N-methyl/N-ethyl adjacent to an activating group) is 1. The molecule has 1 atom stereocenters. The average Bonchev–Trinajstić information content (AvgIpc) is 3.16. The molecule has 1 saturated carbocycles. The van der Waals surface area contributed by atoms with Crippen LogP contribution in [0.15, 0.2) is 11.1 Å². The van der Waals surface area contributed by atoms with Crippen molar-refractivity contribution in [3.63, 3.8) is 0 Å². The molecule has 6 heteroatoms. The van der Waals surface area contributed by atoms with E-state index in [-0.39, 0.29) is 35.0 Å². The molecule has 104 valence electrons. The van der Waals surface area contributed by atoms with Gasteiger partial charge in [-0.1, -0.05) is 0 Å². The molecule has 2 rings (SSSR count). The zero-order valence-corrected chi connectivity index (χ0v) is 11.8.